The molecule has 2 heterocycles. The predicted octanol–water partition coefficient (Wildman–Crippen LogP) is 3.60. The van der Waals surface area contributed by atoms with Gasteiger partial charge in [0.1, 0.15) is 5.82 Å². The highest BCUT2D eigenvalue weighted by Gasteiger charge is 2.30. The average molecular weight is 449 g/mol. The molecule has 0 amide bonds. The molecule has 3 aromatic rings. The van der Waals surface area contributed by atoms with E-state index in [1.165, 1.54) is 16.7 Å². The second-order valence-corrected chi connectivity index (χ2v) is 8.14. The number of rotatable bonds is 5. The van der Waals surface area contributed by atoms with Crippen molar-refractivity contribution in [2.75, 3.05) is 6.61 Å². The molecule has 0 bridgehead atoms. The molecule has 1 atom stereocenters. The van der Waals surface area contributed by atoms with E-state index >= 15 is 0 Å². The first-order chi connectivity index (χ1) is 15.5. The fourth-order valence-electron chi connectivity index (χ4n) is 3.52. The molecule has 162 valence electrons. The lowest BCUT2D eigenvalue weighted by Crippen LogP contribution is -2.38. The summed E-state index contributed by atoms with van der Waals surface area (Å²) in [7, 11) is 0. The van der Waals surface area contributed by atoms with Crippen molar-refractivity contribution in [3.8, 4) is 0 Å². The van der Waals surface area contributed by atoms with Gasteiger partial charge >= 0.3 is 5.97 Å². The van der Waals surface area contributed by atoms with Gasteiger partial charge in [-0.1, -0.05) is 72.0 Å². The molecule has 5 nitrogen and oxygen atoms in total. The maximum atomic E-state index is 14.2. The van der Waals surface area contributed by atoms with E-state index in [0.29, 0.717) is 26.2 Å². The number of thiazole rings is 1. The molecule has 1 aromatic heterocycles. The lowest BCUT2D eigenvalue weighted by atomic mass is 10.0. The van der Waals surface area contributed by atoms with Crippen LogP contribution in [-0.2, 0) is 9.53 Å². The topological polar surface area (TPSA) is 60.7 Å². The van der Waals surface area contributed by atoms with Gasteiger partial charge in [-0.25, -0.2) is 14.2 Å². The Balaban J connectivity index is 1.89. The van der Waals surface area contributed by atoms with Crippen LogP contribution in [0.1, 0.15) is 31.0 Å². The van der Waals surface area contributed by atoms with Crippen molar-refractivity contribution in [3.05, 3.63) is 109 Å². The molecular weight excluding hydrogens is 427 g/mol. The Bertz CT molecular complexity index is 1400. The molecule has 32 heavy (non-hydrogen) atoms. The van der Waals surface area contributed by atoms with Gasteiger partial charge in [0.25, 0.3) is 5.56 Å². The van der Waals surface area contributed by atoms with Crippen molar-refractivity contribution in [2.24, 2.45) is 4.99 Å². The van der Waals surface area contributed by atoms with Crippen LogP contribution in [0.15, 0.2) is 81.7 Å². The molecule has 0 fully saturated rings. The quantitative estimate of drug-likeness (QED) is 0.561. The summed E-state index contributed by atoms with van der Waals surface area (Å²) in [6.07, 6.45) is 5.17. The highest BCUT2D eigenvalue weighted by Crippen LogP contribution is 2.26. The summed E-state index contributed by atoms with van der Waals surface area (Å²) in [4.78, 5) is 31.0. The number of halogens is 1. The van der Waals surface area contributed by atoms with Crippen molar-refractivity contribution >= 4 is 29.5 Å². The molecule has 4 rings (SSSR count). The standard InChI is InChI=1S/C25H21FN2O3S/c1-3-31-24(30)22-16(2)27-25-28(20(22)14-13-17-9-5-4-6-10-17)23(29)21(32-25)15-18-11-7-8-12-19(18)26/h4-15,20H,3H2,1-2H3. The minimum atomic E-state index is -0.687. The first-order valence-corrected chi connectivity index (χ1v) is 11.0. The summed E-state index contributed by atoms with van der Waals surface area (Å²) in [6, 6.07) is 15.2. The summed E-state index contributed by atoms with van der Waals surface area (Å²) >= 11 is 1.16. The van der Waals surface area contributed by atoms with Crippen molar-refractivity contribution in [2.45, 2.75) is 19.9 Å². The van der Waals surface area contributed by atoms with Gasteiger partial charge in [0, 0.05) is 5.56 Å². The Kier molecular flexibility index (Phi) is 6.28. The van der Waals surface area contributed by atoms with Gasteiger partial charge in [-0.2, -0.15) is 0 Å². The van der Waals surface area contributed by atoms with Crippen molar-refractivity contribution in [1.82, 2.24) is 4.57 Å². The third kappa shape index (κ3) is 4.24. The van der Waals surface area contributed by atoms with E-state index in [0.717, 1.165) is 16.9 Å². The van der Waals surface area contributed by atoms with Gasteiger partial charge in [0.15, 0.2) is 4.80 Å². The number of nitrogens with zero attached hydrogens (tertiary/aromatic N) is 2. The lowest BCUT2D eigenvalue weighted by Gasteiger charge is -2.21. The lowest BCUT2D eigenvalue weighted by molar-refractivity contribution is -0.139. The van der Waals surface area contributed by atoms with Gasteiger partial charge in [0.2, 0.25) is 0 Å². The van der Waals surface area contributed by atoms with Crippen molar-refractivity contribution < 1.29 is 13.9 Å². The second kappa shape index (κ2) is 9.28. The normalized spacial score (nSPS) is 16.2. The Morgan fingerprint density at radius 1 is 1.19 bits per heavy atom. The number of carbonyl (C=O) groups is 1. The molecule has 1 aliphatic heterocycles. The summed E-state index contributed by atoms with van der Waals surface area (Å²) in [5.74, 6) is -0.929. The highest BCUT2D eigenvalue weighted by atomic mass is 32.1. The van der Waals surface area contributed by atoms with E-state index in [9.17, 15) is 14.0 Å². The fourth-order valence-corrected chi connectivity index (χ4v) is 4.56. The Morgan fingerprint density at radius 3 is 2.62 bits per heavy atom. The number of ether oxygens (including phenoxy) is 1. The molecule has 1 unspecified atom stereocenters. The van der Waals surface area contributed by atoms with Crippen LogP contribution in [0.4, 0.5) is 4.39 Å². The SMILES string of the molecule is CCOC(=O)C1=C(C)N=c2sc(=Cc3ccccc3F)c(=O)n2C1C=Cc1ccccc1. The summed E-state index contributed by atoms with van der Waals surface area (Å²) in [6.45, 7) is 3.66. The number of hydrogen-bond donors (Lipinski definition) is 0. The molecule has 0 aliphatic carbocycles. The number of carbonyl (C=O) groups excluding carboxylic acids is 1. The largest absolute Gasteiger partial charge is 0.463 e. The first kappa shape index (κ1) is 21.6. The number of benzene rings is 2. The number of hydrogen-bond acceptors (Lipinski definition) is 5. The van der Waals surface area contributed by atoms with Crippen LogP contribution in [0.5, 0.6) is 0 Å². The molecule has 0 N–H and O–H groups in total. The van der Waals surface area contributed by atoms with Gasteiger partial charge in [0.05, 0.1) is 28.5 Å². The van der Waals surface area contributed by atoms with E-state index in [4.69, 9.17) is 4.74 Å². The van der Waals surface area contributed by atoms with Gasteiger partial charge < -0.3 is 4.74 Å². The Morgan fingerprint density at radius 2 is 1.91 bits per heavy atom. The third-order valence-electron chi connectivity index (χ3n) is 5.02. The van der Waals surface area contributed by atoms with Gasteiger partial charge in [-0.15, -0.1) is 0 Å². The molecule has 2 aromatic carbocycles. The maximum Gasteiger partial charge on any atom is 0.338 e. The molecule has 1 aliphatic rings. The Hall–Kier alpha value is -3.58. The number of allylic oxidation sites excluding steroid dienone is 2. The first-order valence-electron chi connectivity index (χ1n) is 10.2. The van der Waals surface area contributed by atoms with Crippen LogP contribution in [0.3, 0.4) is 0 Å². The van der Waals surface area contributed by atoms with Gasteiger partial charge in [-0.05, 0) is 31.6 Å². The zero-order chi connectivity index (χ0) is 22.7. The zero-order valence-electron chi connectivity index (χ0n) is 17.6. The van der Waals surface area contributed by atoms with E-state index in [2.05, 4.69) is 4.99 Å². The molecule has 0 spiro atoms. The van der Waals surface area contributed by atoms with Crippen LogP contribution in [-0.4, -0.2) is 17.1 Å². The Labute approximate surface area is 188 Å². The molecule has 7 heteroatoms. The molecule has 0 saturated heterocycles. The molecule has 0 saturated carbocycles. The minimum absolute atomic E-state index is 0.211. The number of fused-ring (bicyclic) bond motifs is 1. The number of esters is 1. The smallest absolute Gasteiger partial charge is 0.338 e. The van der Waals surface area contributed by atoms with Crippen LogP contribution in [0.25, 0.3) is 12.2 Å². The summed E-state index contributed by atoms with van der Waals surface area (Å²) < 4.78 is 21.2. The minimum Gasteiger partial charge on any atom is -0.463 e. The van der Waals surface area contributed by atoms with E-state index in [-0.39, 0.29) is 12.2 Å². The molecular formula is C25H21FN2O3S. The summed E-state index contributed by atoms with van der Waals surface area (Å²) in [5.41, 5.74) is 1.71. The van der Waals surface area contributed by atoms with Crippen LogP contribution >= 0.6 is 11.3 Å². The summed E-state index contributed by atoms with van der Waals surface area (Å²) in [5, 5.41) is 0. The maximum absolute atomic E-state index is 14.2. The second-order valence-electron chi connectivity index (χ2n) is 7.14. The van der Waals surface area contributed by atoms with E-state index in [1.54, 1.807) is 38.1 Å². The molecule has 0 radical (unpaired) electrons. The monoisotopic (exact) mass is 448 g/mol. The highest BCUT2D eigenvalue weighted by molar-refractivity contribution is 7.07. The van der Waals surface area contributed by atoms with E-state index < -0.39 is 17.8 Å². The van der Waals surface area contributed by atoms with Crippen molar-refractivity contribution in [3.63, 3.8) is 0 Å². The third-order valence-corrected chi connectivity index (χ3v) is 6.00. The van der Waals surface area contributed by atoms with E-state index in [1.807, 2.05) is 36.4 Å². The average Bonchev–Trinajstić information content (AvgIpc) is 3.09. The zero-order valence-corrected chi connectivity index (χ0v) is 18.4. The van der Waals surface area contributed by atoms with Crippen LogP contribution in [0.2, 0.25) is 0 Å². The van der Waals surface area contributed by atoms with Crippen LogP contribution < -0.4 is 14.9 Å². The van der Waals surface area contributed by atoms with Crippen LogP contribution in [0, 0.1) is 5.82 Å². The van der Waals surface area contributed by atoms with Gasteiger partial charge in [-0.3, -0.25) is 9.36 Å². The predicted molar refractivity (Wildman–Crippen MR) is 123 cm³/mol. The number of aromatic nitrogens is 1. The van der Waals surface area contributed by atoms with Crippen molar-refractivity contribution in [1.29, 1.82) is 0 Å². The fraction of sp³-hybridized carbons (Fsp3) is 0.160.